The van der Waals surface area contributed by atoms with Gasteiger partial charge in [-0.15, -0.1) is 0 Å². The molecule has 190 valence electrons. The van der Waals surface area contributed by atoms with Crippen molar-refractivity contribution in [3.05, 3.63) is 0 Å². The summed E-state index contributed by atoms with van der Waals surface area (Å²) in [5.41, 5.74) is -0.786. The van der Waals surface area contributed by atoms with E-state index < -0.39 is 5.54 Å². The monoisotopic (exact) mass is 464 g/mol. The van der Waals surface area contributed by atoms with Gasteiger partial charge in [-0.25, -0.2) is 0 Å². The maximum Gasteiger partial charge on any atom is 0.240 e. The van der Waals surface area contributed by atoms with Crippen LogP contribution in [0.5, 0.6) is 0 Å². The summed E-state index contributed by atoms with van der Waals surface area (Å²) in [6.07, 6.45) is 6.79. The van der Waals surface area contributed by atoms with E-state index in [4.69, 9.17) is 4.74 Å². The Bertz CT molecular complexity index is 660. The van der Waals surface area contributed by atoms with Gasteiger partial charge in [0.1, 0.15) is 11.8 Å². The molecule has 1 amide bonds. The lowest BCUT2D eigenvalue weighted by atomic mass is 9.80. The minimum absolute atomic E-state index is 0.0290. The van der Waals surface area contributed by atoms with Crippen LogP contribution in [0.1, 0.15) is 66.2 Å². The van der Waals surface area contributed by atoms with Crippen LogP contribution in [-0.2, 0) is 14.3 Å². The fourth-order valence-corrected chi connectivity index (χ4v) is 6.25. The second kappa shape index (κ2) is 11.1. The zero-order valence-electron chi connectivity index (χ0n) is 21.9. The average Bonchev–Trinajstić information content (AvgIpc) is 2.76. The van der Waals surface area contributed by atoms with Crippen LogP contribution >= 0.6 is 0 Å². The summed E-state index contributed by atoms with van der Waals surface area (Å²) in [5.74, 6) is 0.864. The molecule has 0 radical (unpaired) electrons. The topological polar surface area (TPSA) is 65.1 Å². The molecule has 3 aliphatic rings. The molecule has 0 aromatic carbocycles. The lowest BCUT2D eigenvalue weighted by molar-refractivity contribution is -0.152. The SMILES string of the molecule is CC(C)C[C@@H]1NCCN([C@](C=O)(CC(C)C)CN2CCC3(CC2)CC(N(C)C)CCO3)C1=O. The highest BCUT2D eigenvalue weighted by atomic mass is 16.5. The molecular weight excluding hydrogens is 416 g/mol. The fourth-order valence-electron chi connectivity index (χ4n) is 6.25. The summed E-state index contributed by atoms with van der Waals surface area (Å²) in [4.78, 5) is 32.9. The van der Waals surface area contributed by atoms with Crippen molar-refractivity contribution in [1.29, 1.82) is 0 Å². The van der Waals surface area contributed by atoms with Crippen LogP contribution in [0.25, 0.3) is 0 Å². The first kappa shape index (κ1) is 26.6. The molecule has 3 heterocycles. The van der Waals surface area contributed by atoms with Gasteiger partial charge in [-0.3, -0.25) is 4.79 Å². The van der Waals surface area contributed by atoms with Gasteiger partial charge < -0.3 is 29.5 Å². The summed E-state index contributed by atoms with van der Waals surface area (Å²) >= 11 is 0. The molecule has 1 unspecified atom stereocenters. The van der Waals surface area contributed by atoms with Crippen molar-refractivity contribution in [3.8, 4) is 0 Å². The summed E-state index contributed by atoms with van der Waals surface area (Å²) in [6, 6.07) is 0.394. The number of nitrogens with zero attached hydrogens (tertiary/aromatic N) is 3. The number of hydrogen-bond donors (Lipinski definition) is 1. The van der Waals surface area contributed by atoms with Crippen LogP contribution in [0.15, 0.2) is 0 Å². The maximum absolute atomic E-state index is 13.5. The first-order chi connectivity index (χ1) is 15.6. The lowest BCUT2D eigenvalue weighted by Crippen LogP contribution is -2.67. The number of amides is 1. The Morgan fingerprint density at radius 2 is 1.88 bits per heavy atom. The first-order valence-electron chi connectivity index (χ1n) is 13.1. The number of carbonyl (C=O) groups excluding carboxylic acids is 2. The highest BCUT2D eigenvalue weighted by Gasteiger charge is 2.47. The molecule has 0 aromatic rings. The summed E-state index contributed by atoms with van der Waals surface area (Å²) < 4.78 is 6.34. The molecule has 1 N–H and O–H groups in total. The van der Waals surface area contributed by atoms with E-state index >= 15 is 0 Å². The van der Waals surface area contributed by atoms with Gasteiger partial charge in [0.05, 0.1) is 11.6 Å². The Labute approximate surface area is 201 Å². The summed E-state index contributed by atoms with van der Waals surface area (Å²) in [7, 11) is 4.33. The Hall–Kier alpha value is -1.02. The van der Waals surface area contributed by atoms with Crippen LogP contribution in [0.3, 0.4) is 0 Å². The molecule has 0 aliphatic carbocycles. The van der Waals surface area contributed by atoms with Crippen molar-refractivity contribution in [2.75, 3.05) is 53.4 Å². The van der Waals surface area contributed by atoms with Crippen molar-refractivity contribution in [3.63, 3.8) is 0 Å². The third-order valence-corrected chi connectivity index (χ3v) is 7.98. The van der Waals surface area contributed by atoms with E-state index in [9.17, 15) is 9.59 Å². The third-order valence-electron chi connectivity index (χ3n) is 7.98. The van der Waals surface area contributed by atoms with E-state index in [2.05, 4.69) is 56.9 Å². The van der Waals surface area contributed by atoms with Crippen molar-refractivity contribution in [2.24, 2.45) is 11.8 Å². The predicted octanol–water partition coefficient (Wildman–Crippen LogP) is 2.39. The third kappa shape index (κ3) is 6.36. The van der Waals surface area contributed by atoms with Crippen LogP contribution in [0, 0.1) is 11.8 Å². The number of carbonyl (C=O) groups is 2. The van der Waals surface area contributed by atoms with E-state index in [0.29, 0.717) is 37.4 Å². The molecule has 3 aliphatic heterocycles. The number of hydrogen-bond acceptors (Lipinski definition) is 6. The molecule has 0 aromatic heterocycles. The number of aldehydes is 1. The molecule has 3 rings (SSSR count). The molecule has 3 atom stereocenters. The molecular formula is C26H48N4O3. The lowest BCUT2D eigenvalue weighted by Gasteiger charge is -2.51. The minimum atomic E-state index is -0.757. The van der Waals surface area contributed by atoms with Crippen molar-refractivity contribution in [1.82, 2.24) is 20.0 Å². The Balaban J connectivity index is 1.72. The van der Waals surface area contributed by atoms with E-state index in [1.807, 2.05) is 4.90 Å². The predicted molar refractivity (Wildman–Crippen MR) is 132 cm³/mol. The average molecular weight is 465 g/mol. The van der Waals surface area contributed by atoms with Gasteiger partial charge in [-0.1, -0.05) is 27.7 Å². The van der Waals surface area contributed by atoms with Gasteiger partial charge in [0, 0.05) is 45.4 Å². The molecule has 7 nitrogen and oxygen atoms in total. The quantitative estimate of drug-likeness (QED) is 0.529. The van der Waals surface area contributed by atoms with Crippen LogP contribution in [0.2, 0.25) is 0 Å². The van der Waals surface area contributed by atoms with Crippen LogP contribution in [-0.4, -0.2) is 104 Å². The number of piperidine rings is 1. The van der Waals surface area contributed by atoms with Gasteiger partial charge in [-0.05, 0) is 64.5 Å². The Kier molecular flexibility index (Phi) is 8.98. The zero-order chi connectivity index (χ0) is 24.2. The van der Waals surface area contributed by atoms with Gasteiger partial charge in [0.25, 0.3) is 0 Å². The number of likely N-dealkylation sites (tertiary alicyclic amines) is 1. The van der Waals surface area contributed by atoms with Crippen molar-refractivity contribution >= 4 is 12.2 Å². The van der Waals surface area contributed by atoms with Gasteiger partial charge in [0.15, 0.2) is 0 Å². The normalized spacial score (nSPS) is 28.6. The number of piperazine rings is 1. The van der Waals surface area contributed by atoms with Crippen molar-refractivity contribution in [2.45, 2.75) is 89.4 Å². The molecule has 0 saturated carbocycles. The molecule has 0 bridgehead atoms. The Morgan fingerprint density at radius 3 is 2.45 bits per heavy atom. The van der Waals surface area contributed by atoms with Crippen molar-refractivity contribution < 1.29 is 14.3 Å². The second-order valence-electron chi connectivity index (χ2n) is 11.9. The van der Waals surface area contributed by atoms with E-state index in [0.717, 1.165) is 64.6 Å². The van der Waals surface area contributed by atoms with Gasteiger partial charge >= 0.3 is 0 Å². The molecule has 3 saturated heterocycles. The van der Waals surface area contributed by atoms with Crippen LogP contribution < -0.4 is 5.32 Å². The number of nitrogens with one attached hydrogen (secondary N) is 1. The first-order valence-corrected chi connectivity index (χ1v) is 13.1. The summed E-state index contributed by atoms with van der Waals surface area (Å²) in [6.45, 7) is 13.2. The largest absolute Gasteiger partial charge is 0.375 e. The van der Waals surface area contributed by atoms with Gasteiger partial charge in [-0.2, -0.15) is 0 Å². The standard InChI is InChI=1S/C26H48N4O3/c1-20(2)15-23-24(32)30(13-10-27-23)25(19-31,16-21(3)4)18-29-11-8-26(9-12-29)17-22(28(5)6)7-14-33-26/h19-23,27H,7-18H2,1-6H3/t22?,23-,25+/m0/s1. The second-order valence-corrected chi connectivity index (χ2v) is 11.9. The molecule has 3 fully saturated rings. The molecule has 33 heavy (non-hydrogen) atoms. The highest BCUT2D eigenvalue weighted by Crippen LogP contribution is 2.37. The number of ether oxygens (including phenoxy) is 1. The minimum Gasteiger partial charge on any atom is -0.375 e. The molecule has 1 spiro atoms. The van der Waals surface area contributed by atoms with Gasteiger partial charge in [0.2, 0.25) is 5.91 Å². The fraction of sp³-hybridized carbons (Fsp3) is 0.923. The highest BCUT2D eigenvalue weighted by molar-refractivity contribution is 5.87. The number of rotatable bonds is 9. The van der Waals surface area contributed by atoms with Crippen LogP contribution in [0.4, 0.5) is 0 Å². The zero-order valence-corrected chi connectivity index (χ0v) is 21.9. The maximum atomic E-state index is 13.5. The van der Waals surface area contributed by atoms with E-state index in [1.165, 1.54) is 0 Å². The Morgan fingerprint density at radius 1 is 1.18 bits per heavy atom. The summed E-state index contributed by atoms with van der Waals surface area (Å²) in [5, 5.41) is 3.39. The smallest absolute Gasteiger partial charge is 0.240 e. The molecule has 7 heteroatoms. The van der Waals surface area contributed by atoms with E-state index in [-0.39, 0.29) is 17.6 Å². The van der Waals surface area contributed by atoms with E-state index in [1.54, 1.807) is 0 Å².